The summed E-state index contributed by atoms with van der Waals surface area (Å²) in [4.78, 5) is 7.06. The van der Waals surface area contributed by atoms with Gasteiger partial charge in [-0.05, 0) is 50.9 Å². The Labute approximate surface area is 92.3 Å². The van der Waals surface area contributed by atoms with Crippen molar-refractivity contribution in [2.24, 2.45) is 5.92 Å². The van der Waals surface area contributed by atoms with Crippen molar-refractivity contribution in [2.75, 3.05) is 13.1 Å². The lowest BCUT2D eigenvalue weighted by molar-refractivity contribution is 0.183. The first-order chi connectivity index (χ1) is 7.24. The Morgan fingerprint density at radius 2 is 2.07 bits per heavy atom. The van der Waals surface area contributed by atoms with Gasteiger partial charge in [-0.25, -0.2) is 0 Å². The molecule has 2 heteroatoms. The number of piperidine rings is 1. The Balaban J connectivity index is 1.92. The van der Waals surface area contributed by atoms with Gasteiger partial charge >= 0.3 is 0 Å². The maximum Gasteiger partial charge on any atom is 0.0547 e. The first-order valence-corrected chi connectivity index (χ1v) is 5.89. The van der Waals surface area contributed by atoms with E-state index in [1.807, 2.05) is 0 Å². The van der Waals surface area contributed by atoms with Gasteiger partial charge in [0.1, 0.15) is 0 Å². The van der Waals surface area contributed by atoms with E-state index in [0.29, 0.717) is 0 Å². The standard InChI is InChI=1S/C13H20N2/c1-11-6-8-15(9-7-11)10-13-5-3-4-12(2)14-13/h3-5,11H,6-10H2,1-2H3. The minimum atomic E-state index is 0.909. The summed E-state index contributed by atoms with van der Waals surface area (Å²) in [6.45, 7) is 7.89. The van der Waals surface area contributed by atoms with Gasteiger partial charge in [0.2, 0.25) is 0 Å². The molecule has 0 spiro atoms. The number of aromatic nitrogens is 1. The van der Waals surface area contributed by atoms with E-state index in [1.165, 1.54) is 31.6 Å². The predicted octanol–water partition coefficient (Wildman–Crippen LogP) is 2.62. The summed E-state index contributed by atoms with van der Waals surface area (Å²) in [6, 6.07) is 6.29. The molecule has 2 nitrogen and oxygen atoms in total. The van der Waals surface area contributed by atoms with Crippen molar-refractivity contribution in [3.63, 3.8) is 0 Å². The molecule has 1 aliphatic rings. The molecule has 1 aliphatic heterocycles. The van der Waals surface area contributed by atoms with E-state index in [2.05, 4.69) is 41.9 Å². The first-order valence-electron chi connectivity index (χ1n) is 5.89. The molecule has 0 bridgehead atoms. The summed E-state index contributed by atoms with van der Waals surface area (Å²) in [7, 11) is 0. The smallest absolute Gasteiger partial charge is 0.0547 e. The number of nitrogens with zero attached hydrogens (tertiary/aromatic N) is 2. The van der Waals surface area contributed by atoms with Crippen LogP contribution >= 0.6 is 0 Å². The van der Waals surface area contributed by atoms with E-state index in [4.69, 9.17) is 0 Å². The van der Waals surface area contributed by atoms with Gasteiger partial charge in [0.05, 0.1) is 5.69 Å². The molecule has 0 saturated carbocycles. The maximum absolute atomic E-state index is 4.54. The quantitative estimate of drug-likeness (QED) is 0.736. The molecule has 82 valence electrons. The average Bonchev–Trinajstić information content (AvgIpc) is 2.22. The van der Waals surface area contributed by atoms with Crippen molar-refractivity contribution in [3.05, 3.63) is 29.6 Å². The first kappa shape index (κ1) is 10.6. The normalized spacial score (nSPS) is 19.3. The van der Waals surface area contributed by atoms with Gasteiger partial charge in [0.15, 0.2) is 0 Å². The second-order valence-electron chi connectivity index (χ2n) is 4.73. The Morgan fingerprint density at radius 3 is 2.73 bits per heavy atom. The van der Waals surface area contributed by atoms with Gasteiger partial charge < -0.3 is 0 Å². The zero-order chi connectivity index (χ0) is 10.7. The number of rotatable bonds is 2. The Kier molecular flexibility index (Phi) is 3.37. The van der Waals surface area contributed by atoms with Crippen LogP contribution in [0, 0.1) is 12.8 Å². The van der Waals surface area contributed by atoms with Crippen molar-refractivity contribution < 1.29 is 0 Å². The highest BCUT2D eigenvalue weighted by molar-refractivity contribution is 5.09. The summed E-state index contributed by atoms with van der Waals surface area (Å²) in [5.41, 5.74) is 2.34. The molecular formula is C13H20N2. The molecule has 0 aliphatic carbocycles. The van der Waals surface area contributed by atoms with E-state index < -0.39 is 0 Å². The molecule has 0 unspecified atom stereocenters. The van der Waals surface area contributed by atoms with E-state index in [0.717, 1.165) is 18.2 Å². The van der Waals surface area contributed by atoms with E-state index in [1.54, 1.807) is 0 Å². The minimum absolute atomic E-state index is 0.909. The van der Waals surface area contributed by atoms with Crippen molar-refractivity contribution in [3.8, 4) is 0 Å². The zero-order valence-electron chi connectivity index (χ0n) is 9.74. The van der Waals surface area contributed by atoms with Crippen LogP contribution in [0.2, 0.25) is 0 Å². The van der Waals surface area contributed by atoms with Crippen LogP contribution in [0.15, 0.2) is 18.2 Å². The summed E-state index contributed by atoms with van der Waals surface area (Å²) < 4.78 is 0. The molecule has 15 heavy (non-hydrogen) atoms. The molecule has 0 amide bonds. The topological polar surface area (TPSA) is 16.1 Å². The van der Waals surface area contributed by atoms with Gasteiger partial charge in [0.25, 0.3) is 0 Å². The lowest BCUT2D eigenvalue weighted by atomic mass is 9.99. The molecule has 1 aromatic heterocycles. The molecule has 0 aromatic carbocycles. The molecule has 2 heterocycles. The third-order valence-electron chi connectivity index (χ3n) is 3.21. The maximum atomic E-state index is 4.54. The highest BCUT2D eigenvalue weighted by Gasteiger charge is 2.15. The van der Waals surface area contributed by atoms with Crippen LogP contribution < -0.4 is 0 Å². The summed E-state index contributed by atoms with van der Waals surface area (Å²) in [5, 5.41) is 0. The molecule has 2 rings (SSSR count). The van der Waals surface area contributed by atoms with Gasteiger partial charge in [-0.2, -0.15) is 0 Å². The third kappa shape index (κ3) is 3.03. The molecule has 1 saturated heterocycles. The minimum Gasteiger partial charge on any atom is -0.297 e. The van der Waals surface area contributed by atoms with E-state index in [9.17, 15) is 0 Å². The Morgan fingerprint density at radius 1 is 1.33 bits per heavy atom. The van der Waals surface area contributed by atoms with E-state index in [-0.39, 0.29) is 0 Å². The van der Waals surface area contributed by atoms with Crippen LogP contribution in [0.3, 0.4) is 0 Å². The van der Waals surface area contributed by atoms with Crippen LogP contribution in [-0.2, 0) is 6.54 Å². The fraction of sp³-hybridized carbons (Fsp3) is 0.615. The van der Waals surface area contributed by atoms with Crippen molar-refractivity contribution in [1.29, 1.82) is 0 Å². The van der Waals surface area contributed by atoms with Gasteiger partial charge in [-0.1, -0.05) is 13.0 Å². The number of aryl methyl sites for hydroxylation is 1. The number of hydrogen-bond acceptors (Lipinski definition) is 2. The summed E-state index contributed by atoms with van der Waals surface area (Å²) in [5.74, 6) is 0.909. The van der Waals surface area contributed by atoms with Crippen molar-refractivity contribution in [1.82, 2.24) is 9.88 Å². The SMILES string of the molecule is Cc1cccc(CN2CCC(C)CC2)n1. The average molecular weight is 204 g/mol. The summed E-state index contributed by atoms with van der Waals surface area (Å²) >= 11 is 0. The van der Waals surface area contributed by atoms with Gasteiger partial charge in [-0.15, -0.1) is 0 Å². The fourth-order valence-corrected chi connectivity index (χ4v) is 2.14. The van der Waals surface area contributed by atoms with Gasteiger partial charge in [0, 0.05) is 12.2 Å². The van der Waals surface area contributed by atoms with Crippen LogP contribution in [0.25, 0.3) is 0 Å². The zero-order valence-corrected chi connectivity index (χ0v) is 9.74. The largest absolute Gasteiger partial charge is 0.297 e. The van der Waals surface area contributed by atoms with Crippen LogP contribution in [0.4, 0.5) is 0 Å². The molecule has 1 fully saturated rings. The third-order valence-corrected chi connectivity index (χ3v) is 3.21. The second kappa shape index (κ2) is 4.75. The Bertz CT molecular complexity index is 314. The van der Waals surface area contributed by atoms with Crippen molar-refractivity contribution in [2.45, 2.75) is 33.2 Å². The van der Waals surface area contributed by atoms with Crippen molar-refractivity contribution >= 4 is 0 Å². The number of pyridine rings is 1. The Hall–Kier alpha value is -0.890. The molecule has 0 radical (unpaired) electrons. The highest BCUT2D eigenvalue weighted by Crippen LogP contribution is 2.17. The van der Waals surface area contributed by atoms with Crippen LogP contribution in [-0.4, -0.2) is 23.0 Å². The molecule has 1 aromatic rings. The highest BCUT2D eigenvalue weighted by atomic mass is 15.1. The molecular weight excluding hydrogens is 184 g/mol. The summed E-state index contributed by atoms with van der Waals surface area (Å²) in [6.07, 6.45) is 2.68. The number of hydrogen-bond donors (Lipinski definition) is 0. The monoisotopic (exact) mass is 204 g/mol. The van der Waals surface area contributed by atoms with Crippen LogP contribution in [0.5, 0.6) is 0 Å². The lowest BCUT2D eigenvalue weighted by Crippen LogP contribution is -2.32. The second-order valence-corrected chi connectivity index (χ2v) is 4.73. The number of likely N-dealkylation sites (tertiary alicyclic amines) is 1. The van der Waals surface area contributed by atoms with Gasteiger partial charge in [-0.3, -0.25) is 9.88 Å². The molecule has 0 atom stereocenters. The lowest BCUT2D eigenvalue weighted by Gasteiger charge is -2.29. The molecule has 0 N–H and O–H groups in total. The van der Waals surface area contributed by atoms with Crippen LogP contribution in [0.1, 0.15) is 31.2 Å². The fourth-order valence-electron chi connectivity index (χ4n) is 2.14. The predicted molar refractivity (Wildman–Crippen MR) is 62.6 cm³/mol. The van der Waals surface area contributed by atoms with E-state index >= 15 is 0 Å².